The van der Waals surface area contributed by atoms with Gasteiger partial charge in [-0.05, 0) is 55.5 Å². The molecule has 0 unspecified atom stereocenters. The highest BCUT2D eigenvalue weighted by molar-refractivity contribution is 6.36. The van der Waals surface area contributed by atoms with E-state index in [1.54, 1.807) is 18.2 Å². The third-order valence-electron chi connectivity index (χ3n) is 4.40. The summed E-state index contributed by atoms with van der Waals surface area (Å²) < 4.78 is 0. The zero-order chi connectivity index (χ0) is 17.1. The second-order valence-corrected chi connectivity index (χ2v) is 6.99. The van der Waals surface area contributed by atoms with Gasteiger partial charge < -0.3 is 5.32 Å². The van der Waals surface area contributed by atoms with Crippen molar-refractivity contribution in [3.63, 3.8) is 0 Å². The fourth-order valence-electron chi connectivity index (χ4n) is 3.14. The molecule has 5 heteroatoms. The fourth-order valence-corrected chi connectivity index (χ4v) is 3.59. The van der Waals surface area contributed by atoms with Crippen LogP contribution in [0.3, 0.4) is 0 Å². The Hall–Kier alpha value is -1.55. The van der Waals surface area contributed by atoms with Crippen molar-refractivity contribution in [2.75, 3.05) is 5.32 Å². The molecule has 1 aliphatic rings. The first-order valence-corrected chi connectivity index (χ1v) is 8.90. The Morgan fingerprint density at radius 1 is 1.21 bits per heavy atom. The van der Waals surface area contributed by atoms with Crippen LogP contribution < -0.4 is 10.6 Å². The number of fused-ring (bicyclic) bond motifs is 1. The van der Waals surface area contributed by atoms with Gasteiger partial charge in [0.25, 0.3) is 0 Å². The highest BCUT2D eigenvalue weighted by Gasteiger charge is 2.24. The number of hydrogen-bond donors (Lipinski definition) is 2. The van der Waals surface area contributed by atoms with E-state index in [4.69, 9.17) is 23.2 Å². The van der Waals surface area contributed by atoms with Crippen molar-refractivity contribution in [3.8, 4) is 0 Å². The van der Waals surface area contributed by atoms with Gasteiger partial charge >= 0.3 is 0 Å². The Morgan fingerprint density at radius 3 is 2.79 bits per heavy atom. The largest absolute Gasteiger partial charge is 0.323 e. The predicted molar refractivity (Wildman–Crippen MR) is 99.8 cm³/mol. The van der Waals surface area contributed by atoms with Gasteiger partial charge in [-0.25, -0.2) is 0 Å². The Bertz CT molecular complexity index is 748. The molecule has 0 aliphatic heterocycles. The van der Waals surface area contributed by atoms with Crippen LogP contribution in [0.2, 0.25) is 10.0 Å². The van der Waals surface area contributed by atoms with E-state index in [-0.39, 0.29) is 18.0 Å². The van der Waals surface area contributed by atoms with Gasteiger partial charge in [-0.3, -0.25) is 10.1 Å². The number of rotatable bonds is 4. The van der Waals surface area contributed by atoms with Crippen LogP contribution in [-0.2, 0) is 11.2 Å². The van der Waals surface area contributed by atoms with E-state index in [1.165, 1.54) is 11.1 Å². The second kappa shape index (κ2) is 7.56. The van der Waals surface area contributed by atoms with Crippen LogP contribution in [0.4, 0.5) is 5.69 Å². The number of amides is 1. The molecule has 2 aromatic carbocycles. The van der Waals surface area contributed by atoms with Crippen molar-refractivity contribution in [2.45, 2.75) is 38.3 Å². The standard InChI is InChI=1S/C19H20Cl2N2O/c1-12(19(24)23-18-10-9-14(20)11-16(18)21)22-17-8-4-6-13-5-2-3-7-15(13)17/h2-3,5,7,9-12,17,22H,4,6,8H2,1H3,(H,23,24)/t12-,17+/m1/s1. The van der Waals surface area contributed by atoms with Crippen molar-refractivity contribution in [3.05, 3.63) is 63.6 Å². The minimum atomic E-state index is -0.326. The molecule has 0 aromatic heterocycles. The lowest BCUT2D eigenvalue weighted by Gasteiger charge is -2.29. The van der Waals surface area contributed by atoms with Crippen molar-refractivity contribution < 1.29 is 4.79 Å². The van der Waals surface area contributed by atoms with Crippen LogP contribution in [0.15, 0.2) is 42.5 Å². The van der Waals surface area contributed by atoms with Gasteiger partial charge in [0.1, 0.15) is 0 Å². The third-order valence-corrected chi connectivity index (χ3v) is 4.95. The predicted octanol–water partition coefficient (Wildman–Crippen LogP) is 4.99. The van der Waals surface area contributed by atoms with Gasteiger partial charge in [0.2, 0.25) is 5.91 Å². The topological polar surface area (TPSA) is 41.1 Å². The number of carbonyl (C=O) groups is 1. The molecular formula is C19H20Cl2N2O. The van der Waals surface area contributed by atoms with E-state index < -0.39 is 0 Å². The summed E-state index contributed by atoms with van der Waals surface area (Å²) in [6, 6.07) is 13.4. The molecule has 2 atom stereocenters. The number of aryl methyl sites for hydroxylation is 1. The lowest BCUT2D eigenvalue weighted by molar-refractivity contribution is -0.118. The first-order valence-electron chi connectivity index (χ1n) is 8.14. The van der Waals surface area contributed by atoms with Crippen molar-refractivity contribution >= 4 is 34.8 Å². The number of carbonyl (C=O) groups excluding carboxylic acids is 1. The molecule has 2 N–H and O–H groups in total. The van der Waals surface area contributed by atoms with Crippen LogP contribution in [0.25, 0.3) is 0 Å². The van der Waals surface area contributed by atoms with Crippen molar-refractivity contribution in [1.29, 1.82) is 0 Å². The number of anilines is 1. The smallest absolute Gasteiger partial charge is 0.241 e. The van der Waals surface area contributed by atoms with Gasteiger partial charge in [-0.1, -0.05) is 47.5 Å². The highest BCUT2D eigenvalue weighted by atomic mass is 35.5. The zero-order valence-corrected chi connectivity index (χ0v) is 15.0. The number of nitrogens with one attached hydrogen (secondary N) is 2. The molecule has 2 aromatic rings. The summed E-state index contributed by atoms with van der Waals surface area (Å²) >= 11 is 12.0. The molecule has 1 aliphatic carbocycles. The number of hydrogen-bond acceptors (Lipinski definition) is 2. The Labute approximate surface area is 152 Å². The molecule has 0 fully saturated rings. The zero-order valence-electron chi connectivity index (χ0n) is 13.5. The van der Waals surface area contributed by atoms with E-state index >= 15 is 0 Å². The van der Waals surface area contributed by atoms with Crippen LogP contribution in [-0.4, -0.2) is 11.9 Å². The van der Waals surface area contributed by atoms with Crippen molar-refractivity contribution in [2.24, 2.45) is 0 Å². The highest BCUT2D eigenvalue weighted by Crippen LogP contribution is 2.30. The summed E-state index contributed by atoms with van der Waals surface area (Å²) in [5, 5.41) is 7.28. The van der Waals surface area contributed by atoms with Crippen LogP contribution in [0.1, 0.15) is 36.9 Å². The maximum Gasteiger partial charge on any atom is 0.241 e. The Kier molecular flexibility index (Phi) is 5.44. The SMILES string of the molecule is C[C@@H](N[C@H]1CCCc2ccccc21)C(=O)Nc1ccc(Cl)cc1Cl. The van der Waals surface area contributed by atoms with Crippen LogP contribution >= 0.6 is 23.2 Å². The maximum absolute atomic E-state index is 12.5. The van der Waals surface area contributed by atoms with Gasteiger partial charge in [-0.2, -0.15) is 0 Å². The second-order valence-electron chi connectivity index (χ2n) is 6.15. The Balaban J connectivity index is 1.67. The van der Waals surface area contributed by atoms with Crippen LogP contribution in [0.5, 0.6) is 0 Å². The van der Waals surface area contributed by atoms with E-state index in [2.05, 4.69) is 34.9 Å². The van der Waals surface area contributed by atoms with Crippen molar-refractivity contribution in [1.82, 2.24) is 5.32 Å². The molecule has 3 rings (SSSR count). The lowest BCUT2D eigenvalue weighted by atomic mass is 9.87. The third kappa shape index (κ3) is 3.92. The van der Waals surface area contributed by atoms with Gasteiger partial charge in [0.15, 0.2) is 0 Å². The first kappa shape index (κ1) is 17.3. The molecule has 126 valence electrons. The summed E-state index contributed by atoms with van der Waals surface area (Å²) in [4.78, 5) is 12.5. The fraction of sp³-hybridized carbons (Fsp3) is 0.316. The summed E-state index contributed by atoms with van der Waals surface area (Å²) in [6.45, 7) is 1.87. The normalized spacial score (nSPS) is 17.9. The average Bonchev–Trinajstić information content (AvgIpc) is 2.57. The summed E-state index contributed by atoms with van der Waals surface area (Å²) in [5.74, 6) is -0.109. The number of benzene rings is 2. The summed E-state index contributed by atoms with van der Waals surface area (Å²) in [7, 11) is 0. The molecule has 0 bridgehead atoms. The quantitative estimate of drug-likeness (QED) is 0.804. The molecule has 3 nitrogen and oxygen atoms in total. The Morgan fingerprint density at radius 2 is 2.00 bits per heavy atom. The molecule has 0 saturated heterocycles. The molecule has 0 heterocycles. The molecule has 0 spiro atoms. The summed E-state index contributed by atoms with van der Waals surface area (Å²) in [6.07, 6.45) is 3.28. The maximum atomic E-state index is 12.5. The van der Waals surface area contributed by atoms with E-state index in [0.717, 1.165) is 19.3 Å². The van der Waals surface area contributed by atoms with Gasteiger partial charge in [0.05, 0.1) is 16.8 Å². The van der Waals surface area contributed by atoms with E-state index in [0.29, 0.717) is 15.7 Å². The van der Waals surface area contributed by atoms with E-state index in [1.807, 2.05) is 6.92 Å². The molecule has 24 heavy (non-hydrogen) atoms. The molecule has 0 radical (unpaired) electrons. The molecular weight excluding hydrogens is 343 g/mol. The monoisotopic (exact) mass is 362 g/mol. The minimum Gasteiger partial charge on any atom is -0.323 e. The number of halogens is 2. The first-order chi connectivity index (χ1) is 11.5. The average molecular weight is 363 g/mol. The molecule has 0 saturated carbocycles. The van der Waals surface area contributed by atoms with E-state index in [9.17, 15) is 4.79 Å². The molecule has 1 amide bonds. The summed E-state index contributed by atoms with van der Waals surface area (Å²) in [5.41, 5.74) is 3.24. The minimum absolute atomic E-state index is 0.109. The van der Waals surface area contributed by atoms with Crippen LogP contribution in [0, 0.1) is 0 Å². The lowest BCUT2D eigenvalue weighted by Crippen LogP contribution is -2.41. The van der Waals surface area contributed by atoms with Gasteiger partial charge in [-0.15, -0.1) is 0 Å². The van der Waals surface area contributed by atoms with Gasteiger partial charge in [0, 0.05) is 11.1 Å².